The number of nitrogens with zero attached hydrogens (tertiary/aromatic N) is 5. The van der Waals surface area contributed by atoms with Crippen molar-refractivity contribution in [1.29, 1.82) is 0 Å². The highest BCUT2D eigenvalue weighted by Gasteiger charge is 2.21. The molecule has 0 aromatic carbocycles. The van der Waals surface area contributed by atoms with Crippen molar-refractivity contribution < 1.29 is 4.79 Å². The minimum absolute atomic E-state index is 0.121. The number of anilines is 3. The monoisotopic (exact) mass is 394 g/mol. The van der Waals surface area contributed by atoms with E-state index in [-0.39, 0.29) is 5.91 Å². The molecule has 29 heavy (non-hydrogen) atoms. The first-order chi connectivity index (χ1) is 14.0. The molecule has 0 radical (unpaired) electrons. The van der Waals surface area contributed by atoms with Crippen LogP contribution in [-0.2, 0) is 6.54 Å². The topological polar surface area (TPSA) is 104 Å². The van der Waals surface area contributed by atoms with Gasteiger partial charge >= 0.3 is 0 Å². The molecule has 1 amide bonds. The van der Waals surface area contributed by atoms with Crippen molar-refractivity contribution in [3.8, 4) is 0 Å². The third-order valence-corrected chi connectivity index (χ3v) is 5.27. The molecule has 9 nitrogen and oxygen atoms in total. The van der Waals surface area contributed by atoms with Crippen LogP contribution in [0.25, 0.3) is 0 Å². The molecule has 0 saturated carbocycles. The summed E-state index contributed by atoms with van der Waals surface area (Å²) in [6.45, 7) is 9.27. The number of rotatable bonds is 5. The largest absolute Gasteiger partial charge is 0.385 e. The molecule has 9 heteroatoms. The van der Waals surface area contributed by atoms with Gasteiger partial charge in [0.15, 0.2) is 0 Å². The van der Waals surface area contributed by atoms with Gasteiger partial charge in [-0.3, -0.25) is 4.79 Å². The first-order valence-electron chi connectivity index (χ1n) is 9.68. The summed E-state index contributed by atoms with van der Waals surface area (Å²) in [5.74, 6) is 1.52. The van der Waals surface area contributed by atoms with E-state index in [4.69, 9.17) is 5.73 Å². The van der Waals surface area contributed by atoms with E-state index in [9.17, 15) is 4.79 Å². The number of nitrogens with two attached hydrogens (primary N) is 1. The number of pyridine rings is 1. The van der Waals surface area contributed by atoms with Gasteiger partial charge in [0.2, 0.25) is 0 Å². The Labute approximate surface area is 169 Å². The molecule has 4 rings (SSSR count). The number of hydrogen-bond donors (Lipinski definition) is 3. The minimum atomic E-state index is -0.121. The summed E-state index contributed by atoms with van der Waals surface area (Å²) in [5, 5.41) is 5.88. The van der Waals surface area contributed by atoms with Gasteiger partial charge in [0, 0.05) is 51.0 Å². The number of nitrogen functional groups attached to an aromatic ring is 1. The van der Waals surface area contributed by atoms with E-state index in [0.29, 0.717) is 41.8 Å². The van der Waals surface area contributed by atoms with Crippen LogP contribution in [0.3, 0.4) is 0 Å². The maximum absolute atomic E-state index is 11.9. The van der Waals surface area contributed by atoms with Crippen LogP contribution in [0, 0.1) is 0 Å². The fourth-order valence-electron chi connectivity index (χ4n) is 3.53. The SMILES string of the molecule is C=C(N=Cc1cc2n(c1N)CCNC2=O)Nc1ccc(N2CCN(C)CC2)cn1. The summed E-state index contributed by atoms with van der Waals surface area (Å²) in [7, 11) is 2.14. The second-order valence-electron chi connectivity index (χ2n) is 7.30. The van der Waals surface area contributed by atoms with Crippen LogP contribution in [0.2, 0.25) is 0 Å². The van der Waals surface area contributed by atoms with Crippen LogP contribution in [-0.4, -0.2) is 66.3 Å². The molecule has 0 atom stereocenters. The zero-order valence-electron chi connectivity index (χ0n) is 16.6. The molecule has 0 bridgehead atoms. The lowest BCUT2D eigenvalue weighted by Crippen LogP contribution is -2.44. The fourth-order valence-corrected chi connectivity index (χ4v) is 3.53. The zero-order chi connectivity index (χ0) is 20.4. The predicted octanol–water partition coefficient (Wildman–Crippen LogP) is 0.963. The first-order valence-corrected chi connectivity index (χ1v) is 9.68. The Morgan fingerprint density at radius 2 is 2.10 bits per heavy atom. The second kappa shape index (κ2) is 7.96. The normalized spacial score (nSPS) is 17.3. The summed E-state index contributed by atoms with van der Waals surface area (Å²) >= 11 is 0. The molecule has 2 aromatic heterocycles. The minimum Gasteiger partial charge on any atom is -0.385 e. The van der Waals surface area contributed by atoms with Gasteiger partial charge in [-0.15, -0.1) is 0 Å². The van der Waals surface area contributed by atoms with E-state index in [1.807, 2.05) is 12.3 Å². The Morgan fingerprint density at radius 3 is 2.79 bits per heavy atom. The molecule has 2 aliphatic rings. The molecular weight excluding hydrogens is 368 g/mol. The number of hydrogen-bond acceptors (Lipinski definition) is 7. The molecule has 1 saturated heterocycles. The average Bonchev–Trinajstić information content (AvgIpc) is 3.05. The highest BCUT2D eigenvalue weighted by Crippen LogP contribution is 2.20. The molecule has 2 aliphatic heterocycles. The second-order valence-corrected chi connectivity index (χ2v) is 7.30. The molecule has 4 heterocycles. The molecule has 2 aromatic rings. The standard InChI is InChI=1S/C20H26N8O/c1-14(23-12-15-11-17-20(29)22-5-6-28(17)19(15)21)25-18-4-3-16(13-24-18)27-9-7-26(2)8-10-27/h3-4,11-13H,1,5-10,21H2,2H3,(H,22,29)(H,24,25). The number of aromatic nitrogens is 2. The van der Waals surface area contributed by atoms with Crippen LogP contribution < -0.4 is 21.3 Å². The van der Waals surface area contributed by atoms with Gasteiger partial charge in [-0.05, 0) is 25.2 Å². The number of nitrogens with one attached hydrogen (secondary N) is 2. The predicted molar refractivity (Wildman–Crippen MR) is 115 cm³/mol. The van der Waals surface area contributed by atoms with E-state index in [0.717, 1.165) is 31.9 Å². The number of piperazine rings is 1. The van der Waals surface area contributed by atoms with Crippen LogP contribution in [0.4, 0.5) is 17.3 Å². The first kappa shape index (κ1) is 19.0. The van der Waals surface area contributed by atoms with Crippen LogP contribution in [0.15, 0.2) is 41.8 Å². The molecule has 0 aliphatic carbocycles. The summed E-state index contributed by atoms with van der Waals surface area (Å²) in [6.07, 6.45) is 3.48. The number of amides is 1. The van der Waals surface area contributed by atoms with Crippen molar-refractivity contribution in [2.24, 2.45) is 4.99 Å². The Hall–Kier alpha value is -3.33. The van der Waals surface area contributed by atoms with Crippen LogP contribution >= 0.6 is 0 Å². The highest BCUT2D eigenvalue weighted by atomic mass is 16.2. The van der Waals surface area contributed by atoms with Crippen molar-refractivity contribution >= 4 is 29.4 Å². The van der Waals surface area contributed by atoms with Gasteiger partial charge in [-0.25, -0.2) is 9.98 Å². The van der Waals surface area contributed by atoms with E-state index in [1.54, 1.807) is 16.8 Å². The lowest BCUT2D eigenvalue weighted by Gasteiger charge is -2.33. The molecule has 1 fully saturated rings. The third kappa shape index (κ3) is 4.09. The molecule has 152 valence electrons. The Bertz CT molecular complexity index is 938. The average molecular weight is 394 g/mol. The van der Waals surface area contributed by atoms with Crippen molar-refractivity contribution in [3.05, 3.63) is 48.1 Å². The maximum atomic E-state index is 11.9. The van der Waals surface area contributed by atoms with Gasteiger partial charge in [-0.2, -0.15) is 0 Å². The van der Waals surface area contributed by atoms with Crippen molar-refractivity contribution in [3.63, 3.8) is 0 Å². The number of likely N-dealkylation sites (N-methyl/N-ethyl adjacent to an activating group) is 1. The molecule has 0 spiro atoms. The number of fused-ring (bicyclic) bond motifs is 1. The van der Waals surface area contributed by atoms with E-state index in [1.165, 1.54) is 0 Å². The van der Waals surface area contributed by atoms with Gasteiger partial charge < -0.3 is 30.7 Å². The maximum Gasteiger partial charge on any atom is 0.268 e. The smallest absolute Gasteiger partial charge is 0.268 e. The fraction of sp³-hybridized carbons (Fsp3) is 0.350. The van der Waals surface area contributed by atoms with Gasteiger partial charge in [0.05, 0.1) is 11.9 Å². The van der Waals surface area contributed by atoms with Gasteiger partial charge in [0.25, 0.3) is 5.91 Å². The summed E-state index contributed by atoms with van der Waals surface area (Å²) in [6, 6.07) is 5.71. The highest BCUT2D eigenvalue weighted by molar-refractivity contribution is 5.98. The van der Waals surface area contributed by atoms with E-state index >= 15 is 0 Å². The zero-order valence-corrected chi connectivity index (χ0v) is 16.6. The lowest BCUT2D eigenvalue weighted by molar-refractivity contribution is 0.0928. The summed E-state index contributed by atoms with van der Waals surface area (Å²) < 4.78 is 1.80. The van der Waals surface area contributed by atoms with Crippen molar-refractivity contribution in [1.82, 2.24) is 19.8 Å². The van der Waals surface area contributed by atoms with E-state index < -0.39 is 0 Å². The number of aliphatic imine (C=N–C) groups is 1. The quantitative estimate of drug-likeness (QED) is 0.653. The van der Waals surface area contributed by atoms with Crippen molar-refractivity contribution in [2.75, 3.05) is 55.7 Å². The summed E-state index contributed by atoms with van der Waals surface area (Å²) in [5.41, 5.74) is 8.50. The van der Waals surface area contributed by atoms with Crippen LogP contribution in [0.5, 0.6) is 0 Å². The summed E-state index contributed by atoms with van der Waals surface area (Å²) in [4.78, 5) is 25.4. The van der Waals surface area contributed by atoms with Gasteiger partial charge in [0.1, 0.15) is 23.2 Å². The molecular formula is C20H26N8O. The van der Waals surface area contributed by atoms with Crippen molar-refractivity contribution in [2.45, 2.75) is 6.54 Å². The van der Waals surface area contributed by atoms with Gasteiger partial charge in [-0.1, -0.05) is 6.58 Å². The molecule has 4 N–H and O–H groups in total. The number of carbonyl (C=O) groups excluding carboxylic acids is 1. The lowest BCUT2D eigenvalue weighted by atomic mass is 10.3. The number of carbonyl (C=O) groups is 1. The Morgan fingerprint density at radius 1 is 1.31 bits per heavy atom. The Kier molecular flexibility index (Phi) is 5.22. The Balaban J connectivity index is 1.38. The van der Waals surface area contributed by atoms with Crippen LogP contribution in [0.1, 0.15) is 16.1 Å². The molecule has 0 unspecified atom stereocenters. The van der Waals surface area contributed by atoms with E-state index in [2.05, 4.69) is 50.1 Å². The third-order valence-electron chi connectivity index (χ3n) is 5.27.